The molecular formula is C16H23NO3. The Hall–Kier alpha value is -1.55. The third-order valence-corrected chi connectivity index (χ3v) is 3.53. The summed E-state index contributed by atoms with van der Waals surface area (Å²) in [7, 11) is 0. The van der Waals surface area contributed by atoms with Gasteiger partial charge in [-0.05, 0) is 37.8 Å². The van der Waals surface area contributed by atoms with Crippen LogP contribution >= 0.6 is 0 Å². The van der Waals surface area contributed by atoms with E-state index in [1.807, 2.05) is 42.2 Å². The Morgan fingerprint density at radius 2 is 2.15 bits per heavy atom. The Morgan fingerprint density at radius 3 is 2.90 bits per heavy atom. The van der Waals surface area contributed by atoms with Crippen molar-refractivity contribution in [3.63, 3.8) is 0 Å². The maximum Gasteiger partial charge on any atom is 0.260 e. The van der Waals surface area contributed by atoms with E-state index in [0.29, 0.717) is 5.92 Å². The van der Waals surface area contributed by atoms with Crippen LogP contribution in [0.25, 0.3) is 0 Å². The number of nitrogens with zero attached hydrogens (tertiary/aromatic N) is 1. The minimum atomic E-state index is 0.0649. The fourth-order valence-corrected chi connectivity index (χ4v) is 2.47. The topological polar surface area (TPSA) is 38.8 Å². The normalized spacial score (nSPS) is 18.9. The molecule has 0 spiro atoms. The molecule has 0 N–H and O–H groups in total. The van der Waals surface area contributed by atoms with Crippen molar-refractivity contribution >= 4 is 5.91 Å². The molecule has 4 heteroatoms. The summed E-state index contributed by atoms with van der Waals surface area (Å²) < 4.78 is 11.0. The van der Waals surface area contributed by atoms with E-state index in [0.717, 1.165) is 44.9 Å². The van der Waals surface area contributed by atoms with Crippen LogP contribution in [0.5, 0.6) is 5.75 Å². The van der Waals surface area contributed by atoms with Gasteiger partial charge in [-0.25, -0.2) is 0 Å². The molecule has 1 saturated heterocycles. The molecule has 0 aliphatic carbocycles. The quantitative estimate of drug-likeness (QED) is 0.801. The highest BCUT2D eigenvalue weighted by atomic mass is 16.5. The van der Waals surface area contributed by atoms with Gasteiger partial charge < -0.3 is 14.4 Å². The van der Waals surface area contributed by atoms with Gasteiger partial charge in [0, 0.05) is 19.7 Å². The van der Waals surface area contributed by atoms with Crippen LogP contribution in [0.4, 0.5) is 0 Å². The molecule has 1 heterocycles. The van der Waals surface area contributed by atoms with Crippen molar-refractivity contribution in [3.05, 3.63) is 30.3 Å². The second kappa shape index (κ2) is 7.90. The zero-order chi connectivity index (χ0) is 14.2. The Kier molecular flexibility index (Phi) is 5.87. The van der Waals surface area contributed by atoms with Gasteiger partial charge in [0.1, 0.15) is 5.75 Å². The molecular weight excluding hydrogens is 254 g/mol. The fourth-order valence-electron chi connectivity index (χ4n) is 2.47. The molecule has 0 saturated carbocycles. The van der Waals surface area contributed by atoms with E-state index in [9.17, 15) is 4.79 Å². The molecule has 1 fully saturated rings. The van der Waals surface area contributed by atoms with Crippen LogP contribution in [-0.4, -0.2) is 43.7 Å². The van der Waals surface area contributed by atoms with Crippen molar-refractivity contribution in [2.45, 2.75) is 19.8 Å². The van der Waals surface area contributed by atoms with Gasteiger partial charge in [-0.15, -0.1) is 0 Å². The summed E-state index contributed by atoms with van der Waals surface area (Å²) in [6.07, 6.45) is 2.19. The van der Waals surface area contributed by atoms with Crippen molar-refractivity contribution in [1.82, 2.24) is 4.90 Å². The lowest BCUT2D eigenvalue weighted by Crippen LogP contribution is -2.43. The minimum absolute atomic E-state index is 0.0649. The van der Waals surface area contributed by atoms with Crippen LogP contribution in [0.2, 0.25) is 0 Å². The van der Waals surface area contributed by atoms with Gasteiger partial charge in [0.05, 0.1) is 6.61 Å². The number of hydrogen-bond donors (Lipinski definition) is 0. The van der Waals surface area contributed by atoms with Crippen molar-refractivity contribution < 1.29 is 14.3 Å². The number of carbonyl (C=O) groups excluding carboxylic acids is 1. The van der Waals surface area contributed by atoms with Gasteiger partial charge >= 0.3 is 0 Å². The highest BCUT2D eigenvalue weighted by molar-refractivity contribution is 5.77. The van der Waals surface area contributed by atoms with Crippen molar-refractivity contribution in [1.29, 1.82) is 0 Å². The Labute approximate surface area is 120 Å². The first-order valence-electron chi connectivity index (χ1n) is 7.33. The first kappa shape index (κ1) is 14.9. The lowest BCUT2D eigenvalue weighted by atomic mass is 9.99. The summed E-state index contributed by atoms with van der Waals surface area (Å²) in [4.78, 5) is 14.0. The van der Waals surface area contributed by atoms with Gasteiger partial charge in [0.25, 0.3) is 5.91 Å². The molecule has 0 radical (unpaired) electrons. The molecule has 1 amide bonds. The van der Waals surface area contributed by atoms with Crippen LogP contribution in [-0.2, 0) is 9.53 Å². The molecule has 1 unspecified atom stereocenters. The molecule has 0 bridgehead atoms. The number of carbonyl (C=O) groups is 1. The predicted octanol–water partition coefficient (Wildman–Crippen LogP) is 2.34. The summed E-state index contributed by atoms with van der Waals surface area (Å²) in [6.45, 7) is 5.22. The van der Waals surface area contributed by atoms with Gasteiger partial charge in [-0.2, -0.15) is 0 Å². The van der Waals surface area contributed by atoms with Gasteiger partial charge in [-0.1, -0.05) is 18.2 Å². The molecule has 110 valence electrons. The standard InChI is InChI=1S/C16H23NO3/c1-2-19-12-14-7-6-10-17(11-14)16(18)13-20-15-8-4-3-5-9-15/h3-5,8-9,14H,2,6-7,10-13H2,1H3. The van der Waals surface area contributed by atoms with Crippen LogP contribution in [0.1, 0.15) is 19.8 Å². The SMILES string of the molecule is CCOCC1CCCN(C(=O)COc2ccccc2)C1. The number of hydrogen-bond acceptors (Lipinski definition) is 3. The maximum atomic E-state index is 12.2. The summed E-state index contributed by atoms with van der Waals surface area (Å²) in [6, 6.07) is 9.46. The van der Waals surface area contributed by atoms with Gasteiger partial charge in [0.2, 0.25) is 0 Å². The average Bonchev–Trinajstić information content (AvgIpc) is 2.52. The molecule has 0 aromatic heterocycles. The molecule has 1 aromatic rings. The predicted molar refractivity (Wildman–Crippen MR) is 77.7 cm³/mol. The molecule has 4 nitrogen and oxygen atoms in total. The van der Waals surface area contributed by atoms with Crippen LogP contribution in [0.15, 0.2) is 30.3 Å². The third-order valence-electron chi connectivity index (χ3n) is 3.53. The minimum Gasteiger partial charge on any atom is -0.484 e. The second-order valence-corrected chi connectivity index (χ2v) is 5.11. The van der Waals surface area contributed by atoms with E-state index >= 15 is 0 Å². The number of likely N-dealkylation sites (tertiary alicyclic amines) is 1. The lowest BCUT2D eigenvalue weighted by molar-refractivity contribution is -0.135. The summed E-state index contributed by atoms with van der Waals surface area (Å²) >= 11 is 0. The van der Waals surface area contributed by atoms with Crippen LogP contribution in [0.3, 0.4) is 0 Å². The first-order chi connectivity index (χ1) is 9.79. The van der Waals surface area contributed by atoms with E-state index in [2.05, 4.69) is 0 Å². The Morgan fingerprint density at radius 1 is 1.35 bits per heavy atom. The second-order valence-electron chi connectivity index (χ2n) is 5.11. The summed E-state index contributed by atoms with van der Waals surface area (Å²) in [5, 5.41) is 0. The van der Waals surface area contributed by atoms with E-state index in [4.69, 9.17) is 9.47 Å². The van der Waals surface area contributed by atoms with Gasteiger partial charge in [-0.3, -0.25) is 4.79 Å². The van der Waals surface area contributed by atoms with Gasteiger partial charge in [0.15, 0.2) is 6.61 Å². The van der Waals surface area contributed by atoms with Crippen LogP contribution in [0, 0.1) is 5.92 Å². The smallest absolute Gasteiger partial charge is 0.260 e. The molecule has 1 aliphatic rings. The van der Waals surface area contributed by atoms with Crippen molar-refractivity contribution in [2.24, 2.45) is 5.92 Å². The molecule has 1 atom stereocenters. The zero-order valence-corrected chi connectivity index (χ0v) is 12.1. The summed E-state index contributed by atoms with van der Waals surface area (Å²) in [5.41, 5.74) is 0. The number of ether oxygens (including phenoxy) is 2. The zero-order valence-electron chi connectivity index (χ0n) is 12.1. The fraction of sp³-hybridized carbons (Fsp3) is 0.562. The Bertz CT molecular complexity index is 407. The highest BCUT2D eigenvalue weighted by Gasteiger charge is 2.23. The van der Waals surface area contributed by atoms with E-state index < -0.39 is 0 Å². The third kappa shape index (κ3) is 4.53. The van der Waals surface area contributed by atoms with Crippen molar-refractivity contribution in [2.75, 3.05) is 32.9 Å². The highest BCUT2D eigenvalue weighted by Crippen LogP contribution is 2.17. The van der Waals surface area contributed by atoms with E-state index in [-0.39, 0.29) is 12.5 Å². The largest absolute Gasteiger partial charge is 0.484 e. The molecule has 1 aliphatic heterocycles. The van der Waals surface area contributed by atoms with Crippen LogP contribution < -0.4 is 4.74 Å². The average molecular weight is 277 g/mol. The number of amides is 1. The van der Waals surface area contributed by atoms with E-state index in [1.165, 1.54) is 0 Å². The Balaban J connectivity index is 1.77. The summed E-state index contributed by atoms with van der Waals surface area (Å²) in [5.74, 6) is 1.27. The lowest BCUT2D eigenvalue weighted by Gasteiger charge is -2.32. The van der Waals surface area contributed by atoms with E-state index in [1.54, 1.807) is 0 Å². The number of rotatable bonds is 6. The number of para-hydroxylation sites is 1. The monoisotopic (exact) mass is 277 g/mol. The first-order valence-corrected chi connectivity index (χ1v) is 7.33. The number of piperidine rings is 1. The maximum absolute atomic E-state index is 12.2. The van der Waals surface area contributed by atoms with Crippen molar-refractivity contribution in [3.8, 4) is 5.75 Å². The molecule has 2 rings (SSSR count). The number of benzene rings is 1. The molecule has 20 heavy (non-hydrogen) atoms. The molecule has 1 aromatic carbocycles.